The fourth-order valence-corrected chi connectivity index (χ4v) is 1.47. The molecule has 0 heterocycles. The second-order valence-electron chi connectivity index (χ2n) is 3.28. The lowest BCUT2D eigenvalue weighted by atomic mass is 9.85. The molecule has 0 aliphatic heterocycles. The largest absolute Gasteiger partial charge is 0.466 e. The van der Waals surface area contributed by atoms with Gasteiger partial charge in [0.1, 0.15) is 5.78 Å². The van der Waals surface area contributed by atoms with Gasteiger partial charge >= 0.3 is 5.97 Å². The number of Topliss-reactive ketones (excluding diaryl/α,β-unsaturated/α-hetero) is 1. The molecule has 0 radical (unpaired) electrons. The summed E-state index contributed by atoms with van der Waals surface area (Å²) in [5.74, 6) is -1.88. The number of carbonyl (C=O) groups is 3. The average Bonchev–Trinajstić information content (AvgIpc) is 2.22. The number of methoxy groups -OCH3 is 1. The Bertz CT molecular complexity index is 352. The van der Waals surface area contributed by atoms with Crippen LogP contribution in [0.25, 0.3) is 0 Å². The van der Waals surface area contributed by atoms with Crippen molar-refractivity contribution in [3.8, 4) is 0 Å². The van der Waals surface area contributed by atoms with Gasteiger partial charge in [-0.05, 0) is 12.5 Å². The molecular weight excluding hydrogens is 196 g/mol. The van der Waals surface area contributed by atoms with E-state index in [2.05, 4.69) is 11.3 Å². The summed E-state index contributed by atoms with van der Waals surface area (Å²) in [5.41, 5.74) is 0.132. The van der Waals surface area contributed by atoms with Gasteiger partial charge in [-0.3, -0.25) is 9.59 Å². The minimum absolute atomic E-state index is 0.0308. The van der Waals surface area contributed by atoms with E-state index in [0.29, 0.717) is 6.42 Å². The van der Waals surface area contributed by atoms with Gasteiger partial charge in [0.05, 0.1) is 13.0 Å². The predicted molar refractivity (Wildman–Crippen MR) is 53.0 cm³/mol. The fourth-order valence-electron chi connectivity index (χ4n) is 1.47. The Balaban J connectivity index is 2.89. The second-order valence-corrected chi connectivity index (χ2v) is 3.28. The first kappa shape index (κ1) is 11.4. The smallest absolute Gasteiger partial charge is 0.334 e. The molecule has 1 atom stereocenters. The maximum Gasteiger partial charge on any atom is 0.334 e. The molecular formula is C11H12O4. The number of rotatable bonds is 3. The van der Waals surface area contributed by atoms with Crippen LogP contribution in [-0.4, -0.2) is 24.6 Å². The number of hydrogen-bond donors (Lipinski definition) is 0. The maximum absolute atomic E-state index is 11.5. The quantitative estimate of drug-likeness (QED) is 0.391. The third kappa shape index (κ3) is 2.40. The van der Waals surface area contributed by atoms with Crippen LogP contribution in [0.3, 0.4) is 0 Å². The molecule has 4 heteroatoms. The number of esters is 1. The number of hydrogen-bond acceptors (Lipinski definition) is 4. The molecule has 0 saturated carbocycles. The lowest BCUT2D eigenvalue weighted by Crippen LogP contribution is -2.29. The van der Waals surface area contributed by atoms with E-state index in [1.54, 1.807) is 0 Å². The van der Waals surface area contributed by atoms with Crippen molar-refractivity contribution in [1.82, 2.24) is 0 Å². The second kappa shape index (κ2) is 4.68. The molecule has 0 fully saturated rings. The molecule has 1 unspecified atom stereocenters. The normalized spacial score (nSPS) is 20.9. The molecule has 0 spiro atoms. The Labute approximate surface area is 87.6 Å². The fraction of sp³-hybridized carbons (Fsp3) is 0.364. The number of carbonyl (C=O) groups excluding carboxylic acids is 3. The van der Waals surface area contributed by atoms with E-state index in [4.69, 9.17) is 0 Å². The van der Waals surface area contributed by atoms with Crippen molar-refractivity contribution in [3.05, 3.63) is 24.3 Å². The summed E-state index contributed by atoms with van der Waals surface area (Å²) in [7, 11) is 1.22. The van der Waals surface area contributed by atoms with Crippen LogP contribution in [0.4, 0.5) is 0 Å². The van der Waals surface area contributed by atoms with Crippen molar-refractivity contribution < 1.29 is 19.1 Å². The van der Waals surface area contributed by atoms with E-state index in [9.17, 15) is 14.4 Å². The summed E-state index contributed by atoms with van der Waals surface area (Å²) < 4.78 is 4.45. The van der Waals surface area contributed by atoms with Crippen LogP contribution in [-0.2, 0) is 19.1 Å². The molecule has 1 rings (SSSR count). The molecule has 0 saturated heterocycles. The Morgan fingerprint density at radius 3 is 2.80 bits per heavy atom. The standard InChI is InChI=1S/C11H12O4/c1-3-4-8-9(12)5-7(6-10(8)13)11(14)15-2/h3,5,8H,1,4,6H2,2H3. The zero-order valence-electron chi connectivity index (χ0n) is 8.49. The highest BCUT2D eigenvalue weighted by atomic mass is 16.5. The van der Waals surface area contributed by atoms with Crippen LogP contribution >= 0.6 is 0 Å². The first-order valence-electron chi connectivity index (χ1n) is 4.56. The summed E-state index contributed by atoms with van der Waals surface area (Å²) in [6.07, 6.45) is 3.01. The van der Waals surface area contributed by atoms with Gasteiger partial charge in [-0.25, -0.2) is 4.79 Å². The van der Waals surface area contributed by atoms with E-state index in [0.717, 1.165) is 0 Å². The summed E-state index contributed by atoms with van der Waals surface area (Å²) in [6, 6.07) is 0. The highest BCUT2D eigenvalue weighted by molar-refractivity contribution is 6.16. The summed E-state index contributed by atoms with van der Waals surface area (Å²) in [4.78, 5) is 34.1. The van der Waals surface area contributed by atoms with E-state index in [-0.39, 0.29) is 23.6 Å². The van der Waals surface area contributed by atoms with Crippen molar-refractivity contribution in [2.24, 2.45) is 5.92 Å². The summed E-state index contributed by atoms with van der Waals surface area (Å²) in [5, 5.41) is 0. The van der Waals surface area contributed by atoms with Crippen LogP contribution in [0.5, 0.6) is 0 Å². The van der Waals surface area contributed by atoms with Crippen molar-refractivity contribution in [2.75, 3.05) is 7.11 Å². The average molecular weight is 208 g/mol. The molecule has 0 bridgehead atoms. The molecule has 15 heavy (non-hydrogen) atoms. The SMILES string of the molecule is C=CCC1C(=O)C=C(C(=O)OC)CC1=O. The van der Waals surface area contributed by atoms with Gasteiger partial charge in [0, 0.05) is 12.0 Å². The summed E-state index contributed by atoms with van der Waals surface area (Å²) in [6.45, 7) is 3.48. The molecule has 1 aliphatic rings. The van der Waals surface area contributed by atoms with Crippen molar-refractivity contribution >= 4 is 17.5 Å². The van der Waals surface area contributed by atoms with E-state index >= 15 is 0 Å². The molecule has 0 N–H and O–H groups in total. The van der Waals surface area contributed by atoms with Crippen LogP contribution < -0.4 is 0 Å². The minimum Gasteiger partial charge on any atom is -0.466 e. The minimum atomic E-state index is -0.670. The van der Waals surface area contributed by atoms with Crippen LogP contribution in [0.15, 0.2) is 24.3 Å². The molecule has 0 aromatic carbocycles. The molecule has 1 aliphatic carbocycles. The van der Waals surface area contributed by atoms with Crippen molar-refractivity contribution in [2.45, 2.75) is 12.8 Å². The number of allylic oxidation sites excluding steroid dienone is 2. The zero-order valence-corrected chi connectivity index (χ0v) is 8.49. The monoisotopic (exact) mass is 208 g/mol. The third-order valence-electron chi connectivity index (χ3n) is 2.26. The topological polar surface area (TPSA) is 60.4 Å². The van der Waals surface area contributed by atoms with Gasteiger partial charge in [-0.15, -0.1) is 6.58 Å². The first-order chi connectivity index (χ1) is 7.10. The van der Waals surface area contributed by atoms with Gasteiger partial charge in [0.2, 0.25) is 0 Å². The van der Waals surface area contributed by atoms with Gasteiger partial charge in [-0.2, -0.15) is 0 Å². The Morgan fingerprint density at radius 1 is 1.67 bits per heavy atom. The van der Waals surface area contributed by atoms with Crippen molar-refractivity contribution in [1.29, 1.82) is 0 Å². The lowest BCUT2D eigenvalue weighted by Gasteiger charge is -2.16. The predicted octanol–water partition coefficient (Wildman–Crippen LogP) is 0.820. The molecule has 0 aromatic heterocycles. The lowest BCUT2D eigenvalue weighted by molar-refractivity contribution is -0.139. The first-order valence-corrected chi connectivity index (χ1v) is 4.56. The van der Waals surface area contributed by atoms with Crippen molar-refractivity contribution in [3.63, 3.8) is 0 Å². The van der Waals surface area contributed by atoms with Crippen LogP contribution in [0.2, 0.25) is 0 Å². The van der Waals surface area contributed by atoms with Crippen LogP contribution in [0.1, 0.15) is 12.8 Å². The Morgan fingerprint density at radius 2 is 2.33 bits per heavy atom. The summed E-state index contributed by atoms with van der Waals surface area (Å²) >= 11 is 0. The Hall–Kier alpha value is -1.71. The molecule has 0 aromatic rings. The van der Waals surface area contributed by atoms with E-state index < -0.39 is 11.9 Å². The highest BCUT2D eigenvalue weighted by Gasteiger charge is 2.31. The molecule has 4 nitrogen and oxygen atoms in total. The van der Waals surface area contributed by atoms with E-state index in [1.165, 1.54) is 19.3 Å². The Kier molecular flexibility index (Phi) is 3.55. The maximum atomic E-state index is 11.5. The zero-order chi connectivity index (χ0) is 11.4. The number of ether oxygens (including phenoxy) is 1. The van der Waals surface area contributed by atoms with Gasteiger partial charge in [0.25, 0.3) is 0 Å². The number of ketones is 2. The van der Waals surface area contributed by atoms with Gasteiger partial charge in [0.15, 0.2) is 5.78 Å². The third-order valence-corrected chi connectivity index (χ3v) is 2.26. The molecule has 80 valence electrons. The van der Waals surface area contributed by atoms with Gasteiger partial charge < -0.3 is 4.74 Å². The highest BCUT2D eigenvalue weighted by Crippen LogP contribution is 2.21. The van der Waals surface area contributed by atoms with Crippen LogP contribution in [0, 0.1) is 5.92 Å². The van der Waals surface area contributed by atoms with E-state index in [1.807, 2.05) is 0 Å². The van der Waals surface area contributed by atoms with Gasteiger partial charge in [-0.1, -0.05) is 6.08 Å². The molecule has 0 amide bonds.